The summed E-state index contributed by atoms with van der Waals surface area (Å²) in [4.78, 5) is 11.3. The largest absolute Gasteiger partial charge is 0.416 e. The smallest absolute Gasteiger partial charge is 0.366 e. The van der Waals surface area contributed by atoms with Crippen LogP contribution in [-0.2, 0) is 19.0 Å². The molecule has 0 radical (unpaired) electrons. The van der Waals surface area contributed by atoms with Crippen LogP contribution in [0.2, 0.25) is 0 Å². The molecule has 2 N–H and O–H groups in total. The fourth-order valence-electron chi connectivity index (χ4n) is 2.30. The van der Waals surface area contributed by atoms with Crippen molar-refractivity contribution in [2.45, 2.75) is 25.9 Å². The third-order valence-electron chi connectivity index (χ3n) is 3.41. The number of rotatable bonds is 4. The van der Waals surface area contributed by atoms with Gasteiger partial charge in [0.05, 0.1) is 5.56 Å². The van der Waals surface area contributed by atoms with Crippen molar-refractivity contribution in [1.82, 2.24) is 0 Å². The molecule has 0 aliphatic heterocycles. The Kier molecular flexibility index (Phi) is 4.54. The van der Waals surface area contributed by atoms with Crippen LogP contribution >= 0.6 is 0 Å². The van der Waals surface area contributed by atoms with Crippen molar-refractivity contribution in [3.63, 3.8) is 0 Å². The van der Waals surface area contributed by atoms with Gasteiger partial charge in [-0.2, -0.15) is 13.2 Å². The molecule has 22 heavy (non-hydrogen) atoms. The molecule has 0 saturated carbocycles. The van der Waals surface area contributed by atoms with Crippen molar-refractivity contribution >= 4 is 5.91 Å². The quantitative estimate of drug-likeness (QED) is 0.913. The van der Waals surface area contributed by atoms with Gasteiger partial charge in [-0.25, -0.2) is 0 Å². The van der Waals surface area contributed by atoms with Crippen molar-refractivity contribution in [1.29, 1.82) is 0 Å². The van der Waals surface area contributed by atoms with Crippen molar-refractivity contribution < 1.29 is 18.0 Å². The van der Waals surface area contributed by atoms with E-state index in [4.69, 9.17) is 5.73 Å². The Morgan fingerprint density at radius 2 is 1.73 bits per heavy atom. The maximum atomic E-state index is 12.7. The first-order valence-electron chi connectivity index (χ1n) is 6.88. The summed E-state index contributed by atoms with van der Waals surface area (Å²) in [6.07, 6.45) is -3.32. The Balaban J connectivity index is 2.34. The molecule has 0 heterocycles. The van der Waals surface area contributed by atoms with Crippen LogP contribution in [0.15, 0.2) is 42.5 Å². The summed E-state index contributed by atoms with van der Waals surface area (Å²) in [5.74, 6) is -0.541. The van der Waals surface area contributed by atoms with E-state index in [0.29, 0.717) is 17.5 Å². The third-order valence-corrected chi connectivity index (χ3v) is 3.41. The number of hydrogen-bond donors (Lipinski definition) is 1. The van der Waals surface area contributed by atoms with Gasteiger partial charge in [-0.05, 0) is 47.7 Å². The van der Waals surface area contributed by atoms with E-state index in [-0.39, 0.29) is 0 Å². The molecule has 2 aromatic carbocycles. The van der Waals surface area contributed by atoms with E-state index < -0.39 is 17.6 Å². The van der Waals surface area contributed by atoms with Gasteiger partial charge < -0.3 is 5.73 Å². The highest BCUT2D eigenvalue weighted by molar-refractivity contribution is 5.93. The van der Waals surface area contributed by atoms with E-state index in [1.807, 2.05) is 13.0 Å². The highest BCUT2D eigenvalue weighted by Gasteiger charge is 2.30. The molecule has 0 bridgehead atoms. The summed E-state index contributed by atoms with van der Waals surface area (Å²) in [5.41, 5.74) is 7.24. The second-order valence-corrected chi connectivity index (χ2v) is 5.13. The predicted octanol–water partition coefficient (Wildman–Crippen LogP) is 3.96. The third kappa shape index (κ3) is 3.87. The van der Waals surface area contributed by atoms with E-state index >= 15 is 0 Å². The Labute approximate surface area is 126 Å². The fourth-order valence-corrected chi connectivity index (χ4v) is 2.30. The molecular weight excluding hydrogens is 291 g/mol. The zero-order chi connectivity index (χ0) is 16.3. The lowest BCUT2D eigenvalue weighted by Crippen LogP contribution is -2.12. The summed E-state index contributed by atoms with van der Waals surface area (Å²) in [5, 5.41) is 0. The Morgan fingerprint density at radius 3 is 2.32 bits per heavy atom. The van der Waals surface area contributed by atoms with Crippen LogP contribution in [0, 0.1) is 0 Å². The lowest BCUT2D eigenvalue weighted by molar-refractivity contribution is -0.137. The van der Waals surface area contributed by atoms with Crippen molar-refractivity contribution in [3.05, 3.63) is 70.3 Å². The van der Waals surface area contributed by atoms with Gasteiger partial charge in [0.1, 0.15) is 0 Å². The number of nitrogens with two attached hydrogens (primary N) is 1. The first kappa shape index (κ1) is 16.1. The SMILES string of the molecule is CCc1cc(Cc2cccc(C(F)(F)F)c2)cc(C(N)=O)c1. The van der Waals surface area contributed by atoms with Crippen LogP contribution in [0.25, 0.3) is 0 Å². The molecule has 2 rings (SSSR count). The predicted molar refractivity (Wildman–Crippen MR) is 78.6 cm³/mol. The number of benzene rings is 2. The molecule has 0 spiro atoms. The molecule has 0 aliphatic rings. The van der Waals surface area contributed by atoms with Gasteiger partial charge in [0.25, 0.3) is 0 Å². The van der Waals surface area contributed by atoms with Crippen LogP contribution in [0.4, 0.5) is 13.2 Å². The van der Waals surface area contributed by atoms with Gasteiger partial charge in [0.15, 0.2) is 0 Å². The molecule has 116 valence electrons. The van der Waals surface area contributed by atoms with Crippen LogP contribution < -0.4 is 5.73 Å². The van der Waals surface area contributed by atoms with Crippen LogP contribution in [0.3, 0.4) is 0 Å². The summed E-state index contributed by atoms with van der Waals surface area (Å²) >= 11 is 0. The van der Waals surface area contributed by atoms with Gasteiger partial charge in [-0.3, -0.25) is 4.79 Å². The topological polar surface area (TPSA) is 43.1 Å². The van der Waals surface area contributed by atoms with E-state index in [1.165, 1.54) is 6.07 Å². The van der Waals surface area contributed by atoms with Gasteiger partial charge in [-0.1, -0.05) is 31.2 Å². The number of alkyl halides is 3. The summed E-state index contributed by atoms with van der Waals surface area (Å²) in [6, 6.07) is 10.4. The van der Waals surface area contributed by atoms with Crippen molar-refractivity contribution in [2.24, 2.45) is 5.73 Å². The Bertz CT molecular complexity index is 693. The number of aryl methyl sites for hydroxylation is 1. The van der Waals surface area contributed by atoms with Gasteiger partial charge in [-0.15, -0.1) is 0 Å². The van der Waals surface area contributed by atoms with E-state index in [9.17, 15) is 18.0 Å². The maximum Gasteiger partial charge on any atom is 0.416 e. The van der Waals surface area contributed by atoms with Crippen molar-refractivity contribution in [2.75, 3.05) is 0 Å². The first-order valence-corrected chi connectivity index (χ1v) is 6.88. The normalized spacial score (nSPS) is 11.5. The van der Waals surface area contributed by atoms with Gasteiger partial charge >= 0.3 is 6.18 Å². The average molecular weight is 307 g/mol. The summed E-state index contributed by atoms with van der Waals surface area (Å²) in [7, 11) is 0. The highest BCUT2D eigenvalue weighted by atomic mass is 19.4. The van der Waals surface area contributed by atoms with Crippen LogP contribution in [-0.4, -0.2) is 5.91 Å². The van der Waals surface area contributed by atoms with Crippen molar-refractivity contribution in [3.8, 4) is 0 Å². The minimum atomic E-state index is -4.36. The highest BCUT2D eigenvalue weighted by Crippen LogP contribution is 2.30. The number of primary amides is 1. The molecule has 5 heteroatoms. The maximum absolute atomic E-state index is 12.7. The second kappa shape index (κ2) is 6.22. The van der Waals surface area contributed by atoms with Crippen LogP contribution in [0.5, 0.6) is 0 Å². The fraction of sp³-hybridized carbons (Fsp3) is 0.235. The number of hydrogen-bond acceptors (Lipinski definition) is 1. The molecule has 0 aromatic heterocycles. The number of carbonyl (C=O) groups excluding carboxylic acids is 1. The molecule has 0 unspecified atom stereocenters. The molecule has 0 fully saturated rings. The molecule has 2 aromatic rings. The van der Waals surface area contributed by atoms with Gasteiger partial charge in [0, 0.05) is 5.56 Å². The monoisotopic (exact) mass is 307 g/mol. The average Bonchev–Trinajstić information content (AvgIpc) is 2.46. The second-order valence-electron chi connectivity index (χ2n) is 5.13. The van der Waals surface area contributed by atoms with E-state index in [1.54, 1.807) is 18.2 Å². The van der Waals surface area contributed by atoms with Crippen LogP contribution in [0.1, 0.15) is 39.5 Å². The standard InChI is InChI=1S/C17H16F3NO/c1-2-11-6-13(9-14(8-11)16(21)22)7-12-4-3-5-15(10-12)17(18,19)20/h3-6,8-10H,2,7H2,1H3,(H2,21,22). The number of halogens is 3. The summed E-state index contributed by atoms with van der Waals surface area (Å²) in [6.45, 7) is 1.94. The molecule has 0 saturated heterocycles. The summed E-state index contributed by atoms with van der Waals surface area (Å²) < 4.78 is 38.2. The van der Waals surface area contributed by atoms with E-state index in [0.717, 1.165) is 29.7 Å². The zero-order valence-corrected chi connectivity index (χ0v) is 12.1. The lowest BCUT2D eigenvalue weighted by atomic mass is 9.97. The number of carbonyl (C=O) groups is 1. The number of amides is 1. The Hall–Kier alpha value is -2.30. The minimum Gasteiger partial charge on any atom is -0.366 e. The van der Waals surface area contributed by atoms with E-state index in [2.05, 4.69) is 0 Å². The molecule has 1 amide bonds. The molecular formula is C17H16F3NO. The van der Waals surface area contributed by atoms with Gasteiger partial charge in [0.2, 0.25) is 5.91 Å². The minimum absolute atomic E-state index is 0.317. The lowest BCUT2D eigenvalue weighted by Gasteiger charge is -2.10. The zero-order valence-electron chi connectivity index (χ0n) is 12.1. The molecule has 0 aliphatic carbocycles. The first-order chi connectivity index (χ1) is 10.3. The Morgan fingerprint density at radius 1 is 1.05 bits per heavy atom. The molecule has 0 atom stereocenters. The molecule has 2 nitrogen and oxygen atoms in total.